The minimum atomic E-state index is -0.959. The first-order valence-electron chi connectivity index (χ1n) is 6.80. The van der Waals surface area contributed by atoms with Crippen LogP contribution in [0, 0.1) is 5.82 Å². The van der Waals surface area contributed by atoms with Gasteiger partial charge in [0.2, 0.25) is 0 Å². The fraction of sp³-hybridized carbons (Fsp3) is 0.235. The number of nitrogens with one attached hydrogen (secondary N) is 1. The number of ether oxygens (including phenoxy) is 1. The molecule has 1 amide bonds. The van der Waals surface area contributed by atoms with Crippen LogP contribution in [0.1, 0.15) is 22.8 Å². The smallest absolute Gasteiger partial charge is 0.251 e. The molecule has 0 aromatic heterocycles. The van der Waals surface area contributed by atoms with Crippen LogP contribution >= 0.6 is 11.6 Å². The molecule has 0 saturated carbocycles. The van der Waals surface area contributed by atoms with Crippen LogP contribution in [-0.4, -0.2) is 19.6 Å². The van der Waals surface area contributed by atoms with Crippen LogP contribution < -0.4 is 5.32 Å². The molecular formula is C17H17ClFNO2. The van der Waals surface area contributed by atoms with Gasteiger partial charge in [0, 0.05) is 23.3 Å². The van der Waals surface area contributed by atoms with Crippen molar-refractivity contribution in [3.05, 3.63) is 70.5 Å². The quantitative estimate of drug-likeness (QED) is 0.910. The van der Waals surface area contributed by atoms with Crippen LogP contribution in [0.4, 0.5) is 4.39 Å². The molecule has 0 aliphatic rings. The second-order valence-electron chi connectivity index (χ2n) is 5.11. The highest BCUT2D eigenvalue weighted by atomic mass is 35.5. The third kappa shape index (κ3) is 3.64. The molecule has 0 aliphatic carbocycles. The maximum atomic E-state index is 14.0. The van der Waals surface area contributed by atoms with Crippen LogP contribution in [0.3, 0.4) is 0 Å². The molecule has 5 heteroatoms. The normalized spacial score (nSPS) is 13.5. The molecule has 0 fully saturated rings. The van der Waals surface area contributed by atoms with E-state index in [1.807, 2.05) is 0 Å². The van der Waals surface area contributed by atoms with Gasteiger partial charge >= 0.3 is 0 Å². The van der Waals surface area contributed by atoms with E-state index in [9.17, 15) is 9.18 Å². The van der Waals surface area contributed by atoms with Crippen molar-refractivity contribution < 1.29 is 13.9 Å². The minimum Gasteiger partial charge on any atom is -0.372 e. The molecule has 22 heavy (non-hydrogen) atoms. The lowest BCUT2D eigenvalue weighted by molar-refractivity contribution is 0.000389. The van der Waals surface area contributed by atoms with Gasteiger partial charge in [0.25, 0.3) is 5.91 Å². The molecule has 2 rings (SSSR count). The predicted octanol–water partition coefficient (Wildman–Crippen LogP) is 3.77. The molecule has 0 heterocycles. The highest BCUT2D eigenvalue weighted by Crippen LogP contribution is 2.26. The van der Waals surface area contributed by atoms with Crippen LogP contribution in [0.15, 0.2) is 48.5 Å². The SMILES string of the molecule is COC(C)(CNC(=O)c1cccc(Cl)c1)c1ccccc1F. The Morgan fingerprint density at radius 1 is 1.27 bits per heavy atom. The summed E-state index contributed by atoms with van der Waals surface area (Å²) < 4.78 is 19.4. The van der Waals surface area contributed by atoms with E-state index < -0.39 is 5.60 Å². The molecule has 1 unspecified atom stereocenters. The van der Waals surface area contributed by atoms with E-state index in [2.05, 4.69) is 5.32 Å². The summed E-state index contributed by atoms with van der Waals surface area (Å²) in [6, 6.07) is 13.0. The lowest BCUT2D eigenvalue weighted by atomic mass is 9.95. The average Bonchev–Trinajstić information content (AvgIpc) is 2.52. The lowest BCUT2D eigenvalue weighted by Crippen LogP contribution is -2.40. The number of benzene rings is 2. The Bertz CT molecular complexity index is 677. The number of hydrogen-bond acceptors (Lipinski definition) is 2. The Hall–Kier alpha value is -1.91. The van der Waals surface area contributed by atoms with E-state index in [1.54, 1.807) is 49.4 Å². The van der Waals surface area contributed by atoms with Gasteiger partial charge in [0.15, 0.2) is 0 Å². The fourth-order valence-electron chi connectivity index (χ4n) is 2.15. The predicted molar refractivity (Wildman–Crippen MR) is 84.5 cm³/mol. The largest absolute Gasteiger partial charge is 0.372 e. The number of methoxy groups -OCH3 is 1. The maximum Gasteiger partial charge on any atom is 0.251 e. The van der Waals surface area contributed by atoms with Gasteiger partial charge in [-0.1, -0.05) is 35.9 Å². The summed E-state index contributed by atoms with van der Waals surface area (Å²) in [6.07, 6.45) is 0. The van der Waals surface area contributed by atoms with E-state index in [0.717, 1.165) is 0 Å². The van der Waals surface area contributed by atoms with Crippen molar-refractivity contribution in [2.45, 2.75) is 12.5 Å². The highest BCUT2D eigenvalue weighted by Gasteiger charge is 2.29. The van der Waals surface area contributed by atoms with E-state index >= 15 is 0 Å². The Balaban J connectivity index is 2.14. The van der Waals surface area contributed by atoms with Gasteiger partial charge < -0.3 is 10.1 Å². The van der Waals surface area contributed by atoms with Crippen molar-refractivity contribution in [2.75, 3.05) is 13.7 Å². The average molecular weight is 322 g/mol. The molecule has 3 nitrogen and oxygen atoms in total. The van der Waals surface area contributed by atoms with Crippen molar-refractivity contribution in [3.8, 4) is 0 Å². The van der Waals surface area contributed by atoms with Gasteiger partial charge in [-0.15, -0.1) is 0 Å². The number of carbonyl (C=O) groups is 1. The number of rotatable bonds is 5. The Kier molecular flexibility index (Phi) is 5.16. The summed E-state index contributed by atoms with van der Waals surface area (Å²) in [7, 11) is 1.48. The highest BCUT2D eigenvalue weighted by molar-refractivity contribution is 6.30. The number of amides is 1. The number of carbonyl (C=O) groups excluding carboxylic acids is 1. The Morgan fingerprint density at radius 3 is 2.64 bits per heavy atom. The lowest BCUT2D eigenvalue weighted by Gasteiger charge is -2.29. The summed E-state index contributed by atoms with van der Waals surface area (Å²) in [5.74, 6) is -0.661. The first-order chi connectivity index (χ1) is 10.5. The third-order valence-electron chi connectivity index (χ3n) is 3.57. The van der Waals surface area contributed by atoms with Gasteiger partial charge in [-0.05, 0) is 31.2 Å². The molecule has 116 valence electrons. The minimum absolute atomic E-state index is 0.135. The summed E-state index contributed by atoms with van der Waals surface area (Å²) in [6.45, 7) is 1.86. The van der Waals surface area contributed by atoms with E-state index in [-0.39, 0.29) is 18.3 Å². The van der Waals surface area contributed by atoms with Gasteiger partial charge in [0.1, 0.15) is 11.4 Å². The summed E-state index contributed by atoms with van der Waals surface area (Å²) >= 11 is 5.87. The topological polar surface area (TPSA) is 38.3 Å². The van der Waals surface area contributed by atoms with Crippen molar-refractivity contribution >= 4 is 17.5 Å². The first kappa shape index (κ1) is 16.5. The molecule has 0 saturated heterocycles. The zero-order chi connectivity index (χ0) is 16.2. The summed E-state index contributed by atoms with van der Waals surface area (Å²) in [5, 5.41) is 3.24. The molecule has 0 spiro atoms. The molecule has 0 aliphatic heterocycles. The van der Waals surface area contributed by atoms with Crippen molar-refractivity contribution in [1.82, 2.24) is 5.32 Å². The van der Waals surface area contributed by atoms with Crippen LogP contribution in [0.2, 0.25) is 5.02 Å². The number of halogens is 2. The fourth-order valence-corrected chi connectivity index (χ4v) is 2.34. The molecule has 2 aromatic carbocycles. The molecule has 0 radical (unpaired) electrons. The van der Waals surface area contributed by atoms with Gasteiger partial charge in [-0.25, -0.2) is 4.39 Å². The van der Waals surface area contributed by atoms with Crippen LogP contribution in [0.25, 0.3) is 0 Å². The van der Waals surface area contributed by atoms with Crippen molar-refractivity contribution in [2.24, 2.45) is 0 Å². The van der Waals surface area contributed by atoms with Crippen molar-refractivity contribution in [1.29, 1.82) is 0 Å². The van der Waals surface area contributed by atoms with Crippen LogP contribution in [0.5, 0.6) is 0 Å². The molecule has 0 bridgehead atoms. The van der Waals surface area contributed by atoms with Crippen LogP contribution in [-0.2, 0) is 10.3 Å². The first-order valence-corrected chi connectivity index (χ1v) is 7.18. The zero-order valence-electron chi connectivity index (χ0n) is 12.4. The van der Waals surface area contributed by atoms with Gasteiger partial charge in [-0.2, -0.15) is 0 Å². The van der Waals surface area contributed by atoms with E-state index in [1.165, 1.54) is 13.2 Å². The zero-order valence-corrected chi connectivity index (χ0v) is 13.2. The number of hydrogen-bond donors (Lipinski definition) is 1. The monoisotopic (exact) mass is 321 g/mol. The second kappa shape index (κ2) is 6.90. The Morgan fingerprint density at radius 2 is 2.00 bits per heavy atom. The maximum absolute atomic E-state index is 14.0. The molecular weight excluding hydrogens is 305 g/mol. The Labute approximate surface area is 134 Å². The third-order valence-corrected chi connectivity index (χ3v) is 3.80. The molecule has 1 atom stereocenters. The second-order valence-corrected chi connectivity index (χ2v) is 5.54. The van der Waals surface area contributed by atoms with Crippen molar-refractivity contribution in [3.63, 3.8) is 0 Å². The molecule has 1 N–H and O–H groups in total. The standard InChI is InChI=1S/C17H17ClFNO2/c1-17(22-2,14-8-3-4-9-15(14)19)11-20-16(21)12-6-5-7-13(18)10-12/h3-10H,11H2,1-2H3,(H,20,21). The van der Waals surface area contributed by atoms with Gasteiger partial charge in [0.05, 0.1) is 6.54 Å². The summed E-state index contributed by atoms with van der Waals surface area (Å²) in [5.41, 5.74) is -0.122. The van der Waals surface area contributed by atoms with E-state index in [0.29, 0.717) is 16.1 Å². The van der Waals surface area contributed by atoms with E-state index in [4.69, 9.17) is 16.3 Å². The van der Waals surface area contributed by atoms with Gasteiger partial charge in [-0.3, -0.25) is 4.79 Å². The summed E-state index contributed by atoms with van der Waals surface area (Å²) in [4.78, 5) is 12.2. The molecule has 2 aromatic rings.